The van der Waals surface area contributed by atoms with Gasteiger partial charge in [0.05, 0.1) is 5.92 Å². The van der Waals surface area contributed by atoms with E-state index in [1.54, 1.807) is 41.3 Å². The van der Waals surface area contributed by atoms with Crippen molar-refractivity contribution in [2.75, 3.05) is 13.1 Å². The van der Waals surface area contributed by atoms with Crippen LogP contribution in [-0.4, -0.2) is 87.0 Å². The number of hydrogen-bond acceptors (Lipinski definition) is 4. The molecule has 0 radical (unpaired) electrons. The molecule has 2 saturated heterocycles. The predicted octanol–water partition coefficient (Wildman–Crippen LogP) is 13.5. The van der Waals surface area contributed by atoms with E-state index in [9.17, 15) is 77.7 Å². The fraction of sp³-hybridized carbons (Fsp3) is 0.541. The first-order valence-corrected chi connectivity index (χ1v) is 27.4. The van der Waals surface area contributed by atoms with Gasteiger partial charge in [-0.25, -0.2) is 26.7 Å². The van der Waals surface area contributed by atoms with Gasteiger partial charge < -0.3 is 20.0 Å². The second-order valence-electron chi connectivity index (χ2n) is 24.0. The molecule has 6 aliphatic rings. The van der Waals surface area contributed by atoms with Crippen LogP contribution in [0.15, 0.2) is 84.9 Å². The van der Waals surface area contributed by atoms with Crippen molar-refractivity contribution >= 4 is 23.8 Å². The number of carbonyl (C=O) groups is 4. The minimum atomic E-state index is -5.08. The number of hydrogen-bond donors (Lipinski definition) is 2. The molecule has 80 heavy (non-hydrogen) atoms. The maximum absolute atomic E-state index is 14.9. The van der Waals surface area contributed by atoms with Crippen molar-refractivity contribution in [3.05, 3.63) is 141 Å². The molecule has 2 aliphatic heterocycles. The third-order valence-electron chi connectivity index (χ3n) is 19.3. The average Bonchev–Trinajstić information content (AvgIpc) is 4.09. The van der Waals surface area contributed by atoms with Crippen LogP contribution in [0, 0.1) is 28.9 Å². The minimum Gasteiger partial charge on any atom is -0.481 e. The van der Waals surface area contributed by atoms with E-state index in [-0.39, 0.29) is 55.4 Å². The Labute approximate surface area is 457 Å². The van der Waals surface area contributed by atoms with Crippen LogP contribution in [0.1, 0.15) is 142 Å². The zero-order chi connectivity index (χ0) is 58.2. The largest absolute Gasteiger partial charge is 0.481 e. The molecule has 2 saturated carbocycles. The van der Waals surface area contributed by atoms with Crippen LogP contribution in [0.2, 0.25) is 0 Å². The third kappa shape index (κ3) is 10.5. The van der Waals surface area contributed by atoms with E-state index in [0.29, 0.717) is 115 Å². The second kappa shape index (κ2) is 21.1. The zero-order valence-corrected chi connectivity index (χ0v) is 44.7. The molecule has 4 aromatic carbocycles. The predicted molar refractivity (Wildman–Crippen MR) is 273 cm³/mol. The number of likely N-dealkylation sites (tertiary alicyclic amines) is 2. The first kappa shape index (κ1) is 58.6. The molecular weight excluding hydrogens is 1070 g/mol. The molecule has 2 N–H and O–H groups in total. The zero-order valence-electron chi connectivity index (χ0n) is 44.7. The number of aryl methyl sites for hydroxylation is 2. The highest BCUT2D eigenvalue weighted by molar-refractivity contribution is 5.84. The van der Waals surface area contributed by atoms with Gasteiger partial charge in [-0.3, -0.25) is 14.4 Å². The van der Waals surface area contributed by atoms with Crippen LogP contribution in [-0.2, 0) is 67.0 Å². The molecule has 2 unspecified atom stereocenters. The van der Waals surface area contributed by atoms with Gasteiger partial charge >= 0.3 is 24.3 Å². The molecule has 2 heterocycles. The maximum atomic E-state index is 14.9. The Bertz CT molecular complexity index is 3000. The summed E-state index contributed by atoms with van der Waals surface area (Å²) in [6.45, 7) is 3.75. The monoisotopic (exact) mass is 1130 g/mol. The Hall–Kier alpha value is -6.01. The lowest BCUT2D eigenvalue weighted by Gasteiger charge is -2.46. The summed E-state index contributed by atoms with van der Waals surface area (Å²) in [7, 11) is 0. The van der Waals surface area contributed by atoms with Gasteiger partial charge in [0.25, 0.3) is 0 Å². The highest BCUT2D eigenvalue weighted by Crippen LogP contribution is 2.55. The van der Waals surface area contributed by atoms with Crippen LogP contribution in [0.5, 0.6) is 0 Å². The average molecular weight is 1130 g/mol. The number of carboxylic acid groups (broad SMARTS) is 2. The second-order valence-corrected chi connectivity index (χ2v) is 24.0. The molecule has 4 aliphatic carbocycles. The molecule has 19 heteroatoms. The van der Waals surface area contributed by atoms with Gasteiger partial charge in [-0.15, -0.1) is 0 Å². The molecule has 432 valence electrons. The smallest absolute Gasteiger partial charge is 0.426 e. The molecule has 10 rings (SSSR count). The number of amides is 2. The molecule has 0 aromatic heterocycles. The quantitative estimate of drug-likeness (QED) is 0.153. The number of benzene rings is 4. The van der Waals surface area contributed by atoms with Gasteiger partial charge in [-0.2, -0.15) is 26.3 Å². The normalized spacial score (nSPS) is 29.8. The lowest BCUT2D eigenvalue weighted by Crippen LogP contribution is -2.53. The molecule has 4 aromatic rings. The summed E-state index contributed by atoms with van der Waals surface area (Å²) in [5.74, 6) is -4.31. The Morgan fingerprint density at radius 2 is 0.950 bits per heavy atom. The molecule has 0 bridgehead atoms. The van der Waals surface area contributed by atoms with E-state index >= 15 is 0 Å². The molecular formula is C61H65F11N2O6. The number of alkyl halides is 9. The Balaban J connectivity index is 0.000000194. The van der Waals surface area contributed by atoms with Crippen molar-refractivity contribution < 1.29 is 77.7 Å². The number of carbonyl (C=O) groups excluding carboxylic acids is 2. The van der Waals surface area contributed by atoms with Crippen LogP contribution >= 0.6 is 0 Å². The van der Waals surface area contributed by atoms with E-state index in [2.05, 4.69) is 0 Å². The number of rotatable bonds is 10. The lowest BCUT2D eigenvalue weighted by molar-refractivity contribution is -0.229. The molecule has 0 spiro atoms. The summed E-state index contributed by atoms with van der Waals surface area (Å²) in [6.07, 6.45) is -4.99. The van der Waals surface area contributed by atoms with Gasteiger partial charge in [0.15, 0.2) is 0 Å². The summed E-state index contributed by atoms with van der Waals surface area (Å²) >= 11 is 0. The van der Waals surface area contributed by atoms with Crippen molar-refractivity contribution in [1.82, 2.24) is 9.80 Å². The van der Waals surface area contributed by atoms with E-state index < -0.39 is 86.3 Å². The maximum Gasteiger partial charge on any atom is 0.426 e. The minimum absolute atomic E-state index is 0.0178. The Morgan fingerprint density at radius 3 is 1.35 bits per heavy atom. The van der Waals surface area contributed by atoms with Gasteiger partial charge in [-0.1, -0.05) is 67.6 Å². The van der Waals surface area contributed by atoms with Crippen LogP contribution < -0.4 is 0 Å². The molecule has 8 nitrogen and oxygen atoms in total. The number of fused-ring (bicyclic) bond motifs is 6. The molecule has 2 amide bonds. The van der Waals surface area contributed by atoms with Gasteiger partial charge in [-0.05, 0) is 185 Å². The lowest BCUT2D eigenvalue weighted by atomic mass is 9.63. The van der Waals surface area contributed by atoms with Crippen molar-refractivity contribution in [3.63, 3.8) is 0 Å². The topological polar surface area (TPSA) is 115 Å². The highest BCUT2D eigenvalue weighted by Gasteiger charge is 2.59. The summed E-state index contributed by atoms with van der Waals surface area (Å²) in [5.41, 5.74) is -7.84. The number of nitrogens with zero attached hydrogens (tertiary/aromatic N) is 2. The fourth-order valence-corrected chi connectivity index (χ4v) is 14.3. The number of halogens is 11. The first-order valence-electron chi connectivity index (χ1n) is 27.4. The fourth-order valence-electron chi connectivity index (χ4n) is 14.3. The van der Waals surface area contributed by atoms with Crippen molar-refractivity contribution in [2.45, 2.75) is 176 Å². The molecule has 4 fully saturated rings. The van der Waals surface area contributed by atoms with Gasteiger partial charge in [0, 0.05) is 47.3 Å². The summed E-state index contributed by atoms with van der Waals surface area (Å²) < 4.78 is 153. The van der Waals surface area contributed by atoms with E-state index in [1.165, 1.54) is 48.5 Å². The summed E-state index contributed by atoms with van der Waals surface area (Å²) in [5, 5.41) is 18.6. The van der Waals surface area contributed by atoms with Crippen LogP contribution in [0.25, 0.3) is 0 Å². The van der Waals surface area contributed by atoms with Crippen LogP contribution in [0.4, 0.5) is 48.3 Å². The summed E-state index contributed by atoms with van der Waals surface area (Å²) in [6, 6.07) is 19.6. The van der Waals surface area contributed by atoms with E-state index in [4.69, 9.17) is 0 Å². The number of aliphatic carboxylic acids is 2. The highest BCUT2D eigenvalue weighted by atomic mass is 19.4. The van der Waals surface area contributed by atoms with Crippen molar-refractivity contribution in [3.8, 4) is 0 Å². The first-order chi connectivity index (χ1) is 37.4. The number of carboxylic acids is 2. The summed E-state index contributed by atoms with van der Waals surface area (Å²) in [4.78, 5) is 54.2. The van der Waals surface area contributed by atoms with Crippen molar-refractivity contribution in [1.29, 1.82) is 0 Å². The van der Waals surface area contributed by atoms with Gasteiger partial charge in [0.1, 0.15) is 11.6 Å². The Kier molecular flexibility index (Phi) is 15.4. The molecule has 6 atom stereocenters. The van der Waals surface area contributed by atoms with Gasteiger partial charge in [0.2, 0.25) is 28.8 Å². The van der Waals surface area contributed by atoms with E-state index in [0.717, 1.165) is 22.3 Å². The van der Waals surface area contributed by atoms with Crippen molar-refractivity contribution in [2.24, 2.45) is 17.3 Å². The van der Waals surface area contributed by atoms with E-state index in [1.807, 2.05) is 11.8 Å². The Morgan fingerprint density at radius 1 is 0.550 bits per heavy atom. The standard InChI is InChI=1S/C31H34F5NO3.C30H31F6NO3/c1-28(13-11-20(12-14-28)26(38)39)27(40)37-16-15-30(18-19-3-7-23(32)8-4-19)24-9-6-22(29(2,33)31(34,35)36)17-21(24)5-10-25(30)37;1-27(32,30(34,35)36)21-5-8-23-20(16-21)4-9-24-28(23,17-18-2-6-22(31)7-3-18)14-15-37(24)25(38)19-10-12-29(33,13-11-19)26(39)40/h3-4,6-9,17,20,25H,5,10-16,18H2,1-2H3,(H,38,39);2-3,5-8,16,19,24H,4,9-15,17H2,1H3,(H,39,40)/t20?,25-,28?,29?,30-;19?,24-,27?,28-,29?/m11/s1. The van der Waals surface area contributed by atoms with Crippen LogP contribution in [0.3, 0.4) is 0 Å². The SMILES string of the molecule is CC(F)(c1ccc2c(c1)CC[C@H]1N(C(=O)C3CCC(F)(C(=O)O)CC3)CC[C@@]21Cc1ccc(F)cc1)C(F)(F)F.CC1(C(=O)N2CC[C@@]3(Cc4ccc(F)cc4)c4ccc(C(C)(F)C(F)(F)F)cc4CC[C@@H]23)CCC(C(=O)O)CC1. The third-order valence-corrected chi connectivity index (χ3v) is 19.3.